The molecule has 0 atom stereocenters. The molecule has 0 spiro atoms. The van der Waals surface area contributed by atoms with Gasteiger partial charge in [0.2, 0.25) is 0 Å². The maximum Gasteiger partial charge on any atom is 0.138 e. The molecular weight excluding hydrogens is 284 g/mol. The monoisotopic (exact) mass is 298 g/mol. The molecule has 4 rings (SSSR count). The standard InChI is InChI=1S/C20H14N2O/c1-3-8-15(9-4-1)19-18(17-12-7-13-23-17)20(22-14-21-19)16-10-5-2-6-11-16/h1-14H. The molecule has 0 fully saturated rings. The minimum atomic E-state index is 0.767. The highest BCUT2D eigenvalue weighted by atomic mass is 16.3. The van der Waals surface area contributed by atoms with E-state index in [1.165, 1.54) is 0 Å². The molecule has 2 heterocycles. The van der Waals surface area contributed by atoms with Gasteiger partial charge in [-0.05, 0) is 12.1 Å². The normalized spacial score (nSPS) is 10.6. The minimum Gasteiger partial charge on any atom is -0.464 e. The number of nitrogens with zero attached hydrogens (tertiary/aromatic N) is 2. The molecule has 0 saturated heterocycles. The van der Waals surface area contributed by atoms with Crippen molar-refractivity contribution in [2.45, 2.75) is 0 Å². The molecule has 0 saturated carbocycles. The van der Waals surface area contributed by atoms with E-state index in [4.69, 9.17) is 4.42 Å². The van der Waals surface area contributed by atoms with E-state index in [0.717, 1.165) is 33.8 Å². The van der Waals surface area contributed by atoms with Crippen molar-refractivity contribution in [3.05, 3.63) is 85.4 Å². The van der Waals surface area contributed by atoms with Gasteiger partial charge < -0.3 is 4.42 Å². The Bertz CT molecular complexity index is 843. The lowest BCUT2D eigenvalue weighted by atomic mass is 9.98. The van der Waals surface area contributed by atoms with Gasteiger partial charge in [0, 0.05) is 11.1 Å². The van der Waals surface area contributed by atoms with Crippen molar-refractivity contribution in [1.29, 1.82) is 0 Å². The SMILES string of the molecule is c1ccc(-c2ncnc(-c3ccccc3)c2-c2ccco2)cc1. The highest BCUT2D eigenvalue weighted by molar-refractivity contribution is 5.88. The van der Waals surface area contributed by atoms with Crippen LogP contribution in [-0.4, -0.2) is 9.97 Å². The quantitative estimate of drug-likeness (QED) is 0.530. The van der Waals surface area contributed by atoms with Crippen LogP contribution >= 0.6 is 0 Å². The van der Waals surface area contributed by atoms with Gasteiger partial charge in [-0.2, -0.15) is 0 Å². The molecule has 0 bridgehead atoms. The van der Waals surface area contributed by atoms with Gasteiger partial charge in [0.15, 0.2) is 0 Å². The number of hydrogen-bond acceptors (Lipinski definition) is 3. The van der Waals surface area contributed by atoms with E-state index in [9.17, 15) is 0 Å². The molecule has 110 valence electrons. The summed E-state index contributed by atoms with van der Waals surface area (Å²) in [7, 11) is 0. The van der Waals surface area contributed by atoms with Crippen molar-refractivity contribution in [2.24, 2.45) is 0 Å². The maximum absolute atomic E-state index is 5.66. The fourth-order valence-electron chi connectivity index (χ4n) is 2.67. The third-order valence-electron chi connectivity index (χ3n) is 3.71. The number of rotatable bonds is 3. The lowest BCUT2D eigenvalue weighted by Crippen LogP contribution is -1.95. The summed E-state index contributed by atoms with van der Waals surface area (Å²) in [5.41, 5.74) is 4.73. The van der Waals surface area contributed by atoms with E-state index >= 15 is 0 Å². The topological polar surface area (TPSA) is 38.9 Å². The molecule has 3 heteroatoms. The van der Waals surface area contributed by atoms with Gasteiger partial charge in [-0.25, -0.2) is 9.97 Å². The van der Waals surface area contributed by atoms with E-state index in [-0.39, 0.29) is 0 Å². The summed E-state index contributed by atoms with van der Waals surface area (Å²) in [5.74, 6) is 0.767. The Morgan fingerprint density at radius 2 is 1.17 bits per heavy atom. The molecule has 0 aliphatic rings. The summed E-state index contributed by atoms with van der Waals surface area (Å²) >= 11 is 0. The Balaban J connectivity index is 2.01. The summed E-state index contributed by atoms with van der Waals surface area (Å²) in [6.07, 6.45) is 3.28. The van der Waals surface area contributed by atoms with Gasteiger partial charge >= 0.3 is 0 Å². The van der Waals surface area contributed by atoms with Gasteiger partial charge in [-0.3, -0.25) is 0 Å². The van der Waals surface area contributed by atoms with Crippen molar-refractivity contribution < 1.29 is 4.42 Å². The van der Waals surface area contributed by atoms with Crippen LogP contribution in [0.15, 0.2) is 89.8 Å². The smallest absolute Gasteiger partial charge is 0.138 e. The molecule has 0 aliphatic heterocycles. The number of furan rings is 1. The average Bonchev–Trinajstić information content (AvgIpc) is 3.17. The molecule has 0 unspecified atom stereocenters. The lowest BCUT2D eigenvalue weighted by molar-refractivity contribution is 0.582. The number of hydrogen-bond donors (Lipinski definition) is 0. The zero-order chi connectivity index (χ0) is 15.5. The van der Waals surface area contributed by atoms with Gasteiger partial charge in [0.05, 0.1) is 23.2 Å². The molecule has 2 aromatic heterocycles. The van der Waals surface area contributed by atoms with Crippen LogP contribution in [0.5, 0.6) is 0 Å². The molecule has 2 aromatic carbocycles. The maximum atomic E-state index is 5.66. The van der Waals surface area contributed by atoms with E-state index in [2.05, 4.69) is 9.97 Å². The second-order valence-corrected chi connectivity index (χ2v) is 5.16. The Morgan fingerprint density at radius 3 is 1.65 bits per heavy atom. The lowest BCUT2D eigenvalue weighted by Gasteiger charge is -2.11. The van der Waals surface area contributed by atoms with E-state index in [1.807, 2.05) is 72.8 Å². The second kappa shape index (κ2) is 5.89. The number of benzene rings is 2. The third-order valence-corrected chi connectivity index (χ3v) is 3.71. The second-order valence-electron chi connectivity index (χ2n) is 5.16. The molecular formula is C20H14N2O. The Kier molecular flexibility index (Phi) is 3.45. The van der Waals surface area contributed by atoms with Gasteiger partial charge in [-0.15, -0.1) is 0 Å². The first-order valence-corrected chi connectivity index (χ1v) is 7.43. The van der Waals surface area contributed by atoms with Crippen LogP contribution in [-0.2, 0) is 0 Å². The van der Waals surface area contributed by atoms with Crippen molar-refractivity contribution in [3.63, 3.8) is 0 Å². The van der Waals surface area contributed by atoms with Crippen LogP contribution in [0.3, 0.4) is 0 Å². The van der Waals surface area contributed by atoms with Crippen LogP contribution in [0.1, 0.15) is 0 Å². The van der Waals surface area contributed by atoms with Crippen molar-refractivity contribution >= 4 is 0 Å². The first kappa shape index (κ1) is 13.5. The van der Waals surface area contributed by atoms with Crippen LogP contribution in [0.2, 0.25) is 0 Å². The molecule has 0 aliphatic carbocycles. The zero-order valence-electron chi connectivity index (χ0n) is 12.4. The fourth-order valence-corrected chi connectivity index (χ4v) is 2.67. The molecule has 0 radical (unpaired) electrons. The Hall–Kier alpha value is -3.20. The summed E-state index contributed by atoms with van der Waals surface area (Å²) in [5, 5.41) is 0. The summed E-state index contributed by atoms with van der Waals surface area (Å²) in [4.78, 5) is 9.04. The van der Waals surface area contributed by atoms with Gasteiger partial charge in [0.25, 0.3) is 0 Å². The molecule has 0 amide bonds. The number of aromatic nitrogens is 2. The third kappa shape index (κ3) is 2.53. The van der Waals surface area contributed by atoms with Gasteiger partial charge in [-0.1, -0.05) is 60.7 Å². The summed E-state index contributed by atoms with van der Waals surface area (Å²) in [6, 6.07) is 24.0. The van der Waals surface area contributed by atoms with Crippen molar-refractivity contribution in [2.75, 3.05) is 0 Å². The first-order valence-electron chi connectivity index (χ1n) is 7.43. The van der Waals surface area contributed by atoms with E-state index in [0.29, 0.717) is 0 Å². The fraction of sp³-hybridized carbons (Fsp3) is 0. The minimum absolute atomic E-state index is 0.767. The Labute approximate surface area is 134 Å². The molecule has 3 nitrogen and oxygen atoms in total. The summed E-state index contributed by atoms with van der Waals surface area (Å²) < 4.78 is 5.66. The van der Waals surface area contributed by atoms with Gasteiger partial charge in [0.1, 0.15) is 12.1 Å². The molecule has 4 aromatic rings. The van der Waals surface area contributed by atoms with E-state index < -0.39 is 0 Å². The van der Waals surface area contributed by atoms with Crippen LogP contribution in [0.4, 0.5) is 0 Å². The van der Waals surface area contributed by atoms with E-state index in [1.54, 1.807) is 12.6 Å². The highest BCUT2D eigenvalue weighted by Crippen LogP contribution is 2.37. The largest absolute Gasteiger partial charge is 0.464 e. The van der Waals surface area contributed by atoms with Crippen molar-refractivity contribution in [3.8, 4) is 33.8 Å². The predicted octanol–water partition coefficient (Wildman–Crippen LogP) is 5.07. The molecule has 0 N–H and O–H groups in total. The molecule has 23 heavy (non-hydrogen) atoms. The summed E-state index contributed by atoms with van der Waals surface area (Å²) in [6.45, 7) is 0. The van der Waals surface area contributed by atoms with Crippen molar-refractivity contribution in [1.82, 2.24) is 9.97 Å². The van der Waals surface area contributed by atoms with Crippen LogP contribution < -0.4 is 0 Å². The zero-order valence-corrected chi connectivity index (χ0v) is 12.4. The average molecular weight is 298 g/mol. The Morgan fingerprint density at radius 1 is 0.609 bits per heavy atom. The van der Waals surface area contributed by atoms with Crippen LogP contribution in [0.25, 0.3) is 33.8 Å². The predicted molar refractivity (Wildman–Crippen MR) is 90.6 cm³/mol. The van der Waals surface area contributed by atoms with Crippen LogP contribution in [0, 0.1) is 0 Å². The highest BCUT2D eigenvalue weighted by Gasteiger charge is 2.18. The first-order chi connectivity index (χ1) is 11.4.